The summed E-state index contributed by atoms with van der Waals surface area (Å²) in [4.78, 5) is 5.70. The third-order valence-corrected chi connectivity index (χ3v) is 3.10. The van der Waals surface area contributed by atoms with E-state index >= 15 is 0 Å². The van der Waals surface area contributed by atoms with Crippen LogP contribution in [0.25, 0.3) is 0 Å². The molecule has 0 unspecified atom stereocenters. The topological polar surface area (TPSA) is 12.9 Å². The molecule has 1 heterocycles. The summed E-state index contributed by atoms with van der Waals surface area (Å²) in [5, 5.41) is 1.19. The maximum atomic E-state index is 4.25. The van der Waals surface area contributed by atoms with Crippen LogP contribution >= 0.6 is 11.3 Å². The predicted octanol–water partition coefficient (Wildman–Crippen LogP) is 4.38. The first-order chi connectivity index (χ1) is 6.27. The molecule has 0 N–H and O–H groups in total. The highest BCUT2D eigenvalue weighted by molar-refractivity contribution is 7.11. The van der Waals surface area contributed by atoms with Gasteiger partial charge in [-0.05, 0) is 25.7 Å². The van der Waals surface area contributed by atoms with Gasteiger partial charge in [-0.2, -0.15) is 0 Å². The molecule has 0 spiro atoms. The van der Waals surface area contributed by atoms with E-state index in [0.29, 0.717) is 0 Å². The van der Waals surface area contributed by atoms with Gasteiger partial charge in [-0.1, -0.05) is 27.7 Å². The molecule has 0 aliphatic heterocycles. The lowest BCUT2D eigenvalue weighted by Crippen LogP contribution is -1.90. The van der Waals surface area contributed by atoms with E-state index in [1.54, 1.807) is 0 Å². The zero-order chi connectivity index (χ0) is 10.3. The largest absolute Gasteiger partial charge is 0.250 e. The first-order valence-electron chi connectivity index (χ1n) is 5.20. The zero-order valence-corrected chi connectivity index (χ0v) is 10.2. The maximum Gasteiger partial charge on any atom is 0.0896 e. The van der Waals surface area contributed by atoms with E-state index < -0.39 is 0 Å². The molecule has 0 radical (unpaired) electrons. The van der Waals surface area contributed by atoms with Gasteiger partial charge in [0.25, 0.3) is 0 Å². The number of rotatable bonds is 3. The maximum absolute atomic E-state index is 4.25. The molecule has 0 atom stereocenters. The second-order valence-corrected chi connectivity index (χ2v) is 4.06. The van der Waals surface area contributed by atoms with Crippen molar-refractivity contribution in [3.05, 3.63) is 16.1 Å². The molecule has 1 aromatic heterocycles. The third-order valence-electron chi connectivity index (χ3n) is 2.03. The first kappa shape index (κ1) is 12.6. The van der Waals surface area contributed by atoms with Crippen molar-refractivity contribution < 1.29 is 0 Å². The third kappa shape index (κ3) is 3.90. The normalized spacial score (nSPS) is 9.69. The van der Waals surface area contributed by atoms with Crippen molar-refractivity contribution in [2.75, 3.05) is 0 Å². The van der Waals surface area contributed by atoms with Gasteiger partial charge in [0.2, 0.25) is 0 Å². The summed E-state index contributed by atoms with van der Waals surface area (Å²) in [6.07, 6.45) is 4.49. The molecule has 13 heavy (non-hydrogen) atoms. The molecule has 2 heteroatoms. The van der Waals surface area contributed by atoms with Gasteiger partial charge >= 0.3 is 0 Å². The van der Waals surface area contributed by atoms with Crippen LogP contribution in [0.5, 0.6) is 0 Å². The molecule has 1 aromatic rings. The van der Waals surface area contributed by atoms with Crippen LogP contribution in [0.1, 0.15) is 56.3 Å². The fourth-order valence-corrected chi connectivity index (χ4v) is 2.31. The Morgan fingerprint density at radius 3 is 2.15 bits per heavy atom. The van der Waals surface area contributed by atoms with Crippen LogP contribution in [-0.2, 0) is 0 Å². The molecule has 0 saturated carbocycles. The number of aryl methyl sites for hydroxylation is 1. The van der Waals surface area contributed by atoms with Crippen LogP contribution in [0.4, 0.5) is 0 Å². The van der Waals surface area contributed by atoms with E-state index in [0.717, 1.165) is 5.92 Å². The van der Waals surface area contributed by atoms with Gasteiger partial charge in [0.05, 0.1) is 5.01 Å². The summed E-state index contributed by atoms with van der Waals surface area (Å²) in [7, 11) is 0. The van der Waals surface area contributed by atoms with E-state index in [-0.39, 0.29) is 0 Å². The van der Waals surface area contributed by atoms with Crippen LogP contribution in [0.2, 0.25) is 0 Å². The summed E-state index contributed by atoms with van der Waals surface area (Å²) in [6, 6.07) is 0. The smallest absolute Gasteiger partial charge is 0.0896 e. The van der Waals surface area contributed by atoms with Crippen molar-refractivity contribution in [2.45, 2.75) is 53.4 Å². The standard InChI is InChI=1S/C9H15NS.C2H6/c1-4-8(5-2)9-6-10-7(3)11-9;1-2/h6,8H,4-5H2,1-3H3;1-2H3. The quantitative estimate of drug-likeness (QED) is 0.704. The number of hydrogen-bond acceptors (Lipinski definition) is 2. The lowest BCUT2D eigenvalue weighted by atomic mass is 10.0. The van der Waals surface area contributed by atoms with Crippen molar-refractivity contribution in [1.29, 1.82) is 0 Å². The number of thiazole rings is 1. The monoisotopic (exact) mass is 199 g/mol. The average Bonchev–Trinajstić information content (AvgIpc) is 2.58. The van der Waals surface area contributed by atoms with Crippen LogP contribution in [0, 0.1) is 6.92 Å². The molecule has 76 valence electrons. The summed E-state index contributed by atoms with van der Waals surface area (Å²) in [6.45, 7) is 10.5. The summed E-state index contributed by atoms with van der Waals surface area (Å²) >= 11 is 1.83. The van der Waals surface area contributed by atoms with Crippen molar-refractivity contribution in [2.24, 2.45) is 0 Å². The van der Waals surface area contributed by atoms with E-state index in [1.165, 1.54) is 22.7 Å². The van der Waals surface area contributed by atoms with Gasteiger partial charge in [-0.15, -0.1) is 11.3 Å². The summed E-state index contributed by atoms with van der Waals surface area (Å²) < 4.78 is 0. The molecule has 1 rings (SSSR count). The Labute approximate surface area is 86.2 Å². The van der Waals surface area contributed by atoms with E-state index in [1.807, 2.05) is 31.4 Å². The Morgan fingerprint density at radius 1 is 1.31 bits per heavy atom. The fourth-order valence-electron chi connectivity index (χ4n) is 1.26. The minimum atomic E-state index is 0.737. The van der Waals surface area contributed by atoms with Crippen LogP contribution in [0.3, 0.4) is 0 Å². The van der Waals surface area contributed by atoms with Gasteiger partial charge in [0.1, 0.15) is 0 Å². The molecule has 0 aliphatic carbocycles. The van der Waals surface area contributed by atoms with Gasteiger partial charge < -0.3 is 0 Å². The second kappa shape index (κ2) is 7.07. The zero-order valence-electron chi connectivity index (χ0n) is 9.42. The highest BCUT2D eigenvalue weighted by Gasteiger charge is 2.08. The lowest BCUT2D eigenvalue weighted by Gasteiger charge is -2.07. The van der Waals surface area contributed by atoms with Gasteiger partial charge in [0, 0.05) is 11.1 Å². The summed E-state index contributed by atoms with van der Waals surface area (Å²) in [5.74, 6) is 0.737. The molecule has 0 aromatic carbocycles. The highest BCUT2D eigenvalue weighted by atomic mass is 32.1. The van der Waals surface area contributed by atoms with Crippen molar-refractivity contribution >= 4 is 11.3 Å². The molecule has 0 amide bonds. The van der Waals surface area contributed by atoms with Gasteiger partial charge in [-0.25, -0.2) is 4.98 Å². The van der Waals surface area contributed by atoms with Crippen LogP contribution < -0.4 is 0 Å². The molecule has 0 aliphatic rings. The second-order valence-electron chi connectivity index (χ2n) is 2.80. The Balaban J connectivity index is 0.000000671. The van der Waals surface area contributed by atoms with Crippen molar-refractivity contribution in [3.8, 4) is 0 Å². The minimum Gasteiger partial charge on any atom is -0.250 e. The molecule has 1 nitrogen and oxygen atoms in total. The SMILES string of the molecule is CC.CCC(CC)c1cnc(C)s1. The van der Waals surface area contributed by atoms with Crippen LogP contribution in [0.15, 0.2) is 6.20 Å². The molecule has 0 fully saturated rings. The lowest BCUT2D eigenvalue weighted by molar-refractivity contribution is 0.652. The van der Waals surface area contributed by atoms with Crippen molar-refractivity contribution in [3.63, 3.8) is 0 Å². The molecular weight excluding hydrogens is 178 g/mol. The molecule has 0 saturated heterocycles. The predicted molar refractivity (Wildman–Crippen MR) is 61.5 cm³/mol. The van der Waals surface area contributed by atoms with Crippen LogP contribution in [-0.4, -0.2) is 4.98 Å². The molecular formula is C11H21NS. The van der Waals surface area contributed by atoms with E-state index in [4.69, 9.17) is 0 Å². The number of hydrogen-bond donors (Lipinski definition) is 0. The van der Waals surface area contributed by atoms with Gasteiger partial charge in [-0.3, -0.25) is 0 Å². The minimum absolute atomic E-state index is 0.737. The number of nitrogens with zero attached hydrogens (tertiary/aromatic N) is 1. The number of aromatic nitrogens is 1. The molecule has 0 bridgehead atoms. The van der Waals surface area contributed by atoms with Gasteiger partial charge in [0.15, 0.2) is 0 Å². The fraction of sp³-hybridized carbons (Fsp3) is 0.727. The Hall–Kier alpha value is -0.370. The van der Waals surface area contributed by atoms with Crippen molar-refractivity contribution in [1.82, 2.24) is 4.98 Å². The van der Waals surface area contributed by atoms with E-state index in [9.17, 15) is 0 Å². The average molecular weight is 199 g/mol. The van der Waals surface area contributed by atoms with E-state index in [2.05, 4.69) is 25.8 Å². The Kier molecular flexibility index (Phi) is 6.87. The highest BCUT2D eigenvalue weighted by Crippen LogP contribution is 2.27. The first-order valence-corrected chi connectivity index (χ1v) is 6.01. The Morgan fingerprint density at radius 2 is 1.85 bits per heavy atom. The Bertz CT molecular complexity index is 214. The summed E-state index contributed by atoms with van der Waals surface area (Å²) in [5.41, 5.74) is 0.